The molecule has 2 amide bonds. The van der Waals surface area contributed by atoms with E-state index >= 15 is 0 Å². The fraction of sp³-hybridized carbons (Fsp3) is 0.238. The van der Waals surface area contributed by atoms with Gasteiger partial charge in [-0.15, -0.1) is 10.2 Å². The van der Waals surface area contributed by atoms with E-state index in [0.29, 0.717) is 27.4 Å². The summed E-state index contributed by atoms with van der Waals surface area (Å²) in [6.07, 6.45) is 0. The van der Waals surface area contributed by atoms with Gasteiger partial charge in [0, 0.05) is 19.8 Å². The molecule has 168 valence electrons. The molecule has 1 heterocycles. The van der Waals surface area contributed by atoms with Crippen molar-refractivity contribution in [3.05, 3.63) is 65.2 Å². The second kappa shape index (κ2) is 11.0. The zero-order valence-electron chi connectivity index (χ0n) is 17.4. The van der Waals surface area contributed by atoms with E-state index < -0.39 is 5.82 Å². The molecule has 0 aliphatic heterocycles. The Hall–Kier alpha value is -3.11. The Labute approximate surface area is 193 Å². The summed E-state index contributed by atoms with van der Waals surface area (Å²) >= 11 is 7.28. The number of aromatic nitrogens is 3. The van der Waals surface area contributed by atoms with Gasteiger partial charge in [-0.25, -0.2) is 4.39 Å². The van der Waals surface area contributed by atoms with Gasteiger partial charge in [0.15, 0.2) is 11.0 Å². The second-order valence-corrected chi connectivity index (χ2v) is 8.12. The lowest BCUT2D eigenvalue weighted by Crippen LogP contribution is -2.36. The van der Waals surface area contributed by atoms with Gasteiger partial charge in [0.05, 0.1) is 17.3 Å². The van der Waals surface area contributed by atoms with Crippen molar-refractivity contribution in [2.45, 2.75) is 11.8 Å². The Morgan fingerprint density at radius 1 is 1.19 bits per heavy atom. The van der Waals surface area contributed by atoms with Gasteiger partial charge in [-0.3, -0.25) is 9.59 Å². The molecule has 0 spiro atoms. The van der Waals surface area contributed by atoms with Crippen LogP contribution in [0, 0.1) is 5.82 Å². The number of anilines is 1. The fourth-order valence-corrected chi connectivity index (χ4v) is 3.64. The molecule has 1 aromatic heterocycles. The maximum atomic E-state index is 12.9. The fourth-order valence-electron chi connectivity index (χ4n) is 2.57. The number of amides is 2. The summed E-state index contributed by atoms with van der Waals surface area (Å²) in [5, 5.41) is 11.8. The number of nitrogens with one attached hydrogen (secondary N) is 1. The van der Waals surface area contributed by atoms with E-state index in [2.05, 4.69) is 15.5 Å². The van der Waals surface area contributed by atoms with Crippen molar-refractivity contribution in [2.75, 3.05) is 24.7 Å². The molecule has 0 fully saturated rings. The quantitative estimate of drug-likeness (QED) is 0.475. The SMILES string of the molecule is CN(CC(=O)Nc1ccc(F)cc1)C(=O)CSc1nnc(COc2ccccc2Cl)n1C. The first kappa shape index (κ1) is 23.6. The van der Waals surface area contributed by atoms with Crippen molar-refractivity contribution in [3.8, 4) is 5.75 Å². The topological polar surface area (TPSA) is 89.3 Å². The van der Waals surface area contributed by atoms with Crippen LogP contribution in [0.1, 0.15) is 5.82 Å². The van der Waals surface area contributed by atoms with Gasteiger partial charge in [0.1, 0.15) is 18.2 Å². The molecule has 0 radical (unpaired) electrons. The summed E-state index contributed by atoms with van der Waals surface area (Å²) in [5.41, 5.74) is 0.456. The van der Waals surface area contributed by atoms with Crippen molar-refractivity contribution in [2.24, 2.45) is 7.05 Å². The van der Waals surface area contributed by atoms with Crippen LogP contribution in [0.5, 0.6) is 5.75 Å². The summed E-state index contributed by atoms with van der Waals surface area (Å²) in [7, 11) is 3.31. The molecule has 1 N–H and O–H groups in total. The molecule has 0 aliphatic rings. The van der Waals surface area contributed by atoms with Crippen molar-refractivity contribution in [1.29, 1.82) is 0 Å². The highest BCUT2D eigenvalue weighted by Gasteiger charge is 2.16. The molecular weight excluding hydrogens is 457 g/mol. The Balaban J connectivity index is 1.47. The van der Waals surface area contributed by atoms with Crippen LogP contribution in [0.3, 0.4) is 0 Å². The number of thioether (sulfide) groups is 1. The number of carbonyl (C=O) groups excluding carboxylic acids is 2. The van der Waals surface area contributed by atoms with Crippen LogP contribution in [0.25, 0.3) is 0 Å². The number of rotatable bonds is 9. The number of nitrogens with zero attached hydrogens (tertiary/aromatic N) is 4. The third kappa shape index (κ3) is 6.44. The molecule has 0 atom stereocenters. The smallest absolute Gasteiger partial charge is 0.243 e. The van der Waals surface area contributed by atoms with E-state index in [1.54, 1.807) is 23.7 Å². The van der Waals surface area contributed by atoms with E-state index in [1.165, 1.54) is 48.0 Å². The molecule has 2 aromatic carbocycles. The van der Waals surface area contributed by atoms with Crippen LogP contribution in [0.2, 0.25) is 5.02 Å². The zero-order chi connectivity index (χ0) is 23.1. The van der Waals surface area contributed by atoms with Crippen molar-refractivity contribution in [1.82, 2.24) is 19.7 Å². The standard InChI is InChI=1S/C21H21ClFN5O3S/c1-27(11-19(29)24-15-9-7-14(23)8-10-15)20(30)13-32-21-26-25-18(28(21)2)12-31-17-6-4-3-5-16(17)22/h3-10H,11-13H2,1-2H3,(H,24,29). The molecule has 32 heavy (non-hydrogen) atoms. The summed E-state index contributed by atoms with van der Waals surface area (Å²) in [6, 6.07) is 12.5. The van der Waals surface area contributed by atoms with Gasteiger partial charge in [-0.1, -0.05) is 35.5 Å². The average Bonchev–Trinajstić information content (AvgIpc) is 3.12. The highest BCUT2D eigenvalue weighted by Crippen LogP contribution is 2.24. The van der Waals surface area contributed by atoms with Gasteiger partial charge in [-0.2, -0.15) is 0 Å². The maximum Gasteiger partial charge on any atom is 0.243 e. The predicted octanol–water partition coefficient (Wildman–Crippen LogP) is 3.38. The highest BCUT2D eigenvalue weighted by molar-refractivity contribution is 7.99. The minimum atomic E-state index is -0.394. The maximum absolute atomic E-state index is 12.9. The van der Waals surface area contributed by atoms with Gasteiger partial charge < -0.3 is 19.5 Å². The average molecular weight is 478 g/mol. The van der Waals surface area contributed by atoms with Crippen LogP contribution in [-0.4, -0.2) is 50.8 Å². The Morgan fingerprint density at radius 2 is 1.91 bits per heavy atom. The van der Waals surface area contributed by atoms with Crippen molar-refractivity contribution < 1.29 is 18.7 Å². The highest BCUT2D eigenvalue weighted by atomic mass is 35.5. The van der Waals surface area contributed by atoms with Crippen molar-refractivity contribution in [3.63, 3.8) is 0 Å². The summed E-state index contributed by atoms with van der Waals surface area (Å²) in [5.74, 6) is 0.178. The van der Waals surface area contributed by atoms with Crippen LogP contribution >= 0.6 is 23.4 Å². The lowest BCUT2D eigenvalue weighted by Gasteiger charge is -2.16. The lowest BCUT2D eigenvalue weighted by molar-refractivity contribution is -0.131. The normalized spacial score (nSPS) is 10.6. The molecule has 0 bridgehead atoms. The van der Waals surface area contributed by atoms with Crippen LogP contribution in [0.15, 0.2) is 53.7 Å². The number of hydrogen-bond donors (Lipinski definition) is 1. The lowest BCUT2D eigenvalue weighted by atomic mass is 10.3. The molecule has 0 aliphatic carbocycles. The molecular formula is C21H21ClFN5O3S. The Bertz CT molecular complexity index is 1090. The van der Waals surface area contributed by atoms with E-state index in [4.69, 9.17) is 16.3 Å². The van der Waals surface area contributed by atoms with Gasteiger partial charge in [0.2, 0.25) is 11.8 Å². The first-order valence-corrected chi connectivity index (χ1v) is 10.9. The first-order chi connectivity index (χ1) is 15.3. The third-order valence-electron chi connectivity index (χ3n) is 4.38. The summed E-state index contributed by atoms with van der Waals surface area (Å²) in [4.78, 5) is 25.8. The number of hydrogen-bond acceptors (Lipinski definition) is 6. The number of carbonyl (C=O) groups is 2. The largest absolute Gasteiger partial charge is 0.484 e. The first-order valence-electron chi connectivity index (χ1n) is 9.51. The monoisotopic (exact) mass is 477 g/mol. The molecule has 11 heteroatoms. The molecule has 0 saturated heterocycles. The Morgan fingerprint density at radius 3 is 2.62 bits per heavy atom. The number of benzene rings is 2. The van der Waals surface area contributed by atoms with Gasteiger partial charge >= 0.3 is 0 Å². The number of halogens is 2. The van der Waals surface area contributed by atoms with E-state index in [1.807, 2.05) is 12.1 Å². The summed E-state index contributed by atoms with van der Waals surface area (Å²) in [6.45, 7) is 0.0394. The van der Waals surface area contributed by atoms with Gasteiger partial charge in [0.25, 0.3) is 0 Å². The Kier molecular flexibility index (Phi) is 8.07. The van der Waals surface area contributed by atoms with Gasteiger partial charge in [-0.05, 0) is 36.4 Å². The summed E-state index contributed by atoms with van der Waals surface area (Å²) < 4.78 is 20.3. The van der Waals surface area contributed by atoms with Crippen LogP contribution in [0.4, 0.5) is 10.1 Å². The van der Waals surface area contributed by atoms with Crippen LogP contribution < -0.4 is 10.1 Å². The number of ether oxygens (including phenoxy) is 1. The van der Waals surface area contributed by atoms with E-state index in [0.717, 1.165) is 0 Å². The molecule has 3 rings (SSSR count). The number of para-hydroxylation sites is 1. The molecule has 0 unspecified atom stereocenters. The third-order valence-corrected chi connectivity index (χ3v) is 5.70. The minimum Gasteiger partial charge on any atom is -0.484 e. The predicted molar refractivity (Wildman–Crippen MR) is 120 cm³/mol. The number of likely N-dealkylation sites (N-methyl/N-ethyl adjacent to an activating group) is 1. The zero-order valence-corrected chi connectivity index (χ0v) is 19.0. The van der Waals surface area contributed by atoms with E-state index in [9.17, 15) is 14.0 Å². The van der Waals surface area contributed by atoms with E-state index in [-0.39, 0.29) is 30.7 Å². The minimum absolute atomic E-state index is 0.0810. The molecule has 8 nitrogen and oxygen atoms in total. The molecule has 3 aromatic rings. The van der Waals surface area contributed by atoms with Crippen LogP contribution in [-0.2, 0) is 23.2 Å². The molecule has 0 saturated carbocycles. The second-order valence-electron chi connectivity index (χ2n) is 6.77. The van der Waals surface area contributed by atoms with Crippen molar-refractivity contribution >= 4 is 40.9 Å².